The summed E-state index contributed by atoms with van der Waals surface area (Å²) in [7, 11) is -4.93. The molecule has 0 aliphatic carbocycles. The molecule has 1 amide bonds. The largest absolute Gasteiger partial charge is 0.524 e. The summed E-state index contributed by atoms with van der Waals surface area (Å²) in [5, 5.41) is 14.7. The summed E-state index contributed by atoms with van der Waals surface area (Å²) in [6, 6.07) is 2.17. The van der Waals surface area contributed by atoms with E-state index in [4.69, 9.17) is 9.57 Å². The lowest BCUT2D eigenvalue weighted by molar-refractivity contribution is -0.137. The van der Waals surface area contributed by atoms with Gasteiger partial charge in [-0.3, -0.25) is 14.6 Å². The number of likely N-dealkylation sites (tertiary alicyclic amines) is 1. The van der Waals surface area contributed by atoms with Crippen LogP contribution >= 0.6 is 7.82 Å². The molecule has 1 saturated heterocycles. The van der Waals surface area contributed by atoms with Crippen LogP contribution in [0.2, 0.25) is 0 Å². The third-order valence-corrected chi connectivity index (χ3v) is 6.30. The average Bonchev–Trinajstić information content (AvgIpc) is 2.82. The molecule has 0 aromatic heterocycles. The minimum Gasteiger partial charge on any atom is -0.507 e. The number of ether oxygens (including phenoxy) is 1. The van der Waals surface area contributed by atoms with Crippen LogP contribution in [-0.4, -0.2) is 63.7 Å². The van der Waals surface area contributed by atoms with E-state index in [1.807, 2.05) is 19.1 Å². The molecule has 12 heteroatoms. The number of cyclic esters (lactones) is 1. The standard InChI is InChI=1S/C25H33N2O9P/c1-18-9-5-2-3-8-12-34-25(30)24-19(15-21(16-22(24)28)36-37(31,32)33)14-20(13-18)26-35-17-23(29)27-10-6-4-7-11-27/h2-3,13,15-16,28H,4-12,14,17H2,1H3,(H2,31,32,33). The molecule has 2 aliphatic rings. The molecule has 0 saturated carbocycles. The zero-order valence-electron chi connectivity index (χ0n) is 20.8. The third kappa shape index (κ3) is 9.35. The molecule has 2 aliphatic heterocycles. The minimum absolute atomic E-state index is 0.0680. The van der Waals surface area contributed by atoms with Gasteiger partial charge in [0.05, 0.1) is 12.3 Å². The van der Waals surface area contributed by atoms with Gasteiger partial charge in [-0.25, -0.2) is 9.36 Å². The Morgan fingerprint density at radius 1 is 1.16 bits per heavy atom. The molecular weight excluding hydrogens is 503 g/mol. The Labute approximate surface area is 215 Å². The summed E-state index contributed by atoms with van der Waals surface area (Å²) >= 11 is 0. The molecule has 37 heavy (non-hydrogen) atoms. The van der Waals surface area contributed by atoms with Crippen LogP contribution in [0.4, 0.5) is 0 Å². The highest BCUT2D eigenvalue weighted by Crippen LogP contribution is 2.40. The maximum atomic E-state index is 12.8. The number of fused-ring (bicyclic) bond motifs is 1. The molecule has 0 radical (unpaired) electrons. The van der Waals surface area contributed by atoms with Crippen molar-refractivity contribution in [1.29, 1.82) is 0 Å². The first kappa shape index (κ1) is 28.4. The average molecular weight is 537 g/mol. The molecule has 0 spiro atoms. The van der Waals surface area contributed by atoms with Gasteiger partial charge in [0.15, 0.2) is 6.61 Å². The van der Waals surface area contributed by atoms with Gasteiger partial charge in [-0.1, -0.05) is 22.9 Å². The van der Waals surface area contributed by atoms with Gasteiger partial charge in [0.1, 0.15) is 17.1 Å². The number of phenols is 1. The van der Waals surface area contributed by atoms with Gasteiger partial charge in [-0.2, -0.15) is 0 Å². The van der Waals surface area contributed by atoms with Gasteiger partial charge in [-0.15, -0.1) is 0 Å². The Morgan fingerprint density at radius 3 is 2.62 bits per heavy atom. The van der Waals surface area contributed by atoms with Gasteiger partial charge in [0.2, 0.25) is 0 Å². The highest BCUT2D eigenvalue weighted by Gasteiger charge is 2.24. The van der Waals surface area contributed by atoms with Crippen LogP contribution in [-0.2, 0) is 25.4 Å². The first-order chi connectivity index (χ1) is 17.6. The van der Waals surface area contributed by atoms with Crippen LogP contribution in [0.15, 0.2) is 41.1 Å². The Hall–Kier alpha value is -3.14. The summed E-state index contributed by atoms with van der Waals surface area (Å²) in [6.07, 6.45) is 10.5. The number of aromatic hydroxyl groups is 1. The van der Waals surface area contributed by atoms with Crippen molar-refractivity contribution in [1.82, 2.24) is 4.90 Å². The van der Waals surface area contributed by atoms with Crippen molar-refractivity contribution in [3.8, 4) is 11.5 Å². The third-order valence-electron chi connectivity index (χ3n) is 5.85. The quantitative estimate of drug-likeness (QED) is 0.221. The molecule has 202 valence electrons. The van der Waals surface area contributed by atoms with E-state index < -0.39 is 19.5 Å². The lowest BCUT2D eigenvalue weighted by Crippen LogP contribution is -2.37. The predicted octanol–water partition coefficient (Wildman–Crippen LogP) is 3.63. The smallest absolute Gasteiger partial charge is 0.507 e. The molecule has 3 N–H and O–H groups in total. The number of esters is 1. The Morgan fingerprint density at radius 2 is 1.89 bits per heavy atom. The molecule has 0 atom stereocenters. The number of nitrogens with zero attached hydrogens (tertiary/aromatic N) is 2. The second-order valence-electron chi connectivity index (χ2n) is 8.96. The summed E-state index contributed by atoms with van der Waals surface area (Å²) in [5.74, 6) is -1.87. The number of benzene rings is 1. The number of hydrogen-bond acceptors (Lipinski definition) is 8. The SMILES string of the molecule is CC1=CC(=NOCC(=O)N2CCCCC2)Cc2cc(OP(=O)(O)O)cc(O)c2C(=O)OCCC=CCC1. The Bertz CT molecular complexity index is 1120. The van der Waals surface area contributed by atoms with E-state index in [0.29, 0.717) is 25.2 Å². The Balaban J connectivity index is 1.94. The van der Waals surface area contributed by atoms with Gasteiger partial charge in [0.25, 0.3) is 5.91 Å². The van der Waals surface area contributed by atoms with Crippen LogP contribution in [0, 0.1) is 0 Å². The summed E-state index contributed by atoms with van der Waals surface area (Å²) in [4.78, 5) is 50.8. The van der Waals surface area contributed by atoms with Crippen molar-refractivity contribution in [2.45, 2.75) is 51.9 Å². The molecule has 11 nitrogen and oxygen atoms in total. The maximum absolute atomic E-state index is 12.8. The zero-order chi connectivity index (χ0) is 26.8. The molecule has 0 unspecified atom stereocenters. The molecule has 2 heterocycles. The lowest BCUT2D eigenvalue weighted by Gasteiger charge is -2.26. The van der Waals surface area contributed by atoms with E-state index in [1.54, 1.807) is 11.0 Å². The second-order valence-corrected chi connectivity index (χ2v) is 10.1. The number of rotatable bonds is 5. The fourth-order valence-corrected chi connectivity index (χ4v) is 4.51. The van der Waals surface area contributed by atoms with Crippen molar-refractivity contribution in [3.05, 3.63) is 47.1 Å². The fourth-order valence-electron chi connectivity index (χ4n) is 4.13. The van der Waals surface area contributed by atoms with Crippen LogP contribution in [0.5, 0.6) is 11.5 Å². The number of carbonyl (C=O) groups is 2. The van der Waals surface area contributed by atoms with E-state index >= 15 is 0 Å². The number of carbonyl (C=O) groups excluding carboxylic acids is 2. The molecule has 1 aromatic carbocycles. The number of hydrogen-bond donors (Lipinski definition) is 3. The Kier molecular flexibility index (Phi) is 10.3. The van der Waals surface area contributed by atoms with Gasteiger partial charge >= 0.3 is 13.8 Å². The molecule has 3 rings (SSSR count). The molecule has 0 bridgehead atoms. The number of amides is 1. The van der Waals surface area contributed by atoms with Crippen molar-refractivity contribution in [3.63, 3.8) is 0 Å². The highest BCUT2D eigenvalue weighted by atomic mass is 31.2. The van der Waals surface area contributed by atoms with E-state index in [1.165, 1.54) is 6.07 Å². The van der Waals surface area contributed by atoms with E-state index in [-0.39, 0.29) is 42.4 Å². The number of phosphoric ester groups is 1. The number of piperidine rings is 1. The second kappa shape index (κ2) is 13.4. The number of phenolic OH excluding ortho intramolecular Hbond substituents is 1. The molecular formula is C25H33N2O9P. The van der Waals surface area contributed by atoms with E-state index in [9.17, 15) is 29.0 Å². The monoisotopic (exact) mass is 536 g/mol. The minimum atomic E-state index is -4.93. The predicted molar refractivity (Wildman–Crippen MR) is 135 cm³/mol. The molecule has 1 fully saturated rings. The molecule has 1 aromatic rings. The normalized spacial score (nSPS) is 18.9. The van der Waals surface area contributed by atoms with Crippen molar-refractivity contribution in [2.75, 3.05) is 26.3 Å². The van der Waals surface area contributed by atoms with Gasteiger partial charge in [-0.05, 0) is 63.2 Å². The van der Waals surface area contributed by atoms with Gasteiger partial charge in [0, 0.05) is 25.6 Å². The summed E-state index contributed by atoms with van der Waals surface area (Å²) in [6.45, 7) is 3.12. The first-order valence-electron chi connectivity index (χ1n) is 12.2. The summed E-state index contributed by atoms with van der Waals surface area (Å²) < 4.78 is 21.3. The first-order valence-corrected chi connectivity index (χ1v) is 13.7. The van der Waals surface area contributed by atoms with Crippen LogP contribution in [0.3, 0.4) is 0 Å². The van der Waals surface area contributed by atoms with Crippen molar-refractivity contribution in [2.24, 2.45) is 5.16 Å². The van der Waals surface area contributed by atoms with Crippen LogP contribution in [0.25, 0.3) is 0 Å². The highest BCUT2D eigenvalue weighted by molar-refractivity contribution is 7.46. The fraction of sp³-hybridized carbons (Fsp3) is 0.480. The van der Waals surface area contributed by atoms with Gasteiger partial charge < -0.3 is 24.1 Å². The van der Waals surface area contributed by atoms with E-state index in [0.717, 1.165) is 43.7 Å². The number of allylic oxidation sites excluding steroid dienone is 3. The van der Waals surface area contributed by atoms with Crippen molar-refractivity contribution < 1.29 is 43.1 Å². The maximum Gasteiger partial charge on any atom is 0.524 e. The van der Waals surface area contributed by atoms with E-state index in [2.05, 4.69) is 9.68 Å². The topological polar surface area (TPSA) is 155 Å². The lowest BCUT2D eigenvalue weighted by atomic mass is 9.98. The number of phosphoric acid groups is 1. The zero-order valence-corrected chi connectivity index (χ0v) is 21.7. The van der Waals surface area contributed by atoms with Crippen LogP contribution in [0.1, 0.15) is 61.4 Å². The summed E-state index contributed by atoms with van der Waals surface area (Å²) in [5.41, 5.74) is 1.28. The van der Waals surface area contributed by atoms with Crippen LogP contribution < -0.4 is 4.52 Å². The number of oxime groups is 1. The van der Waals surface area contributed by atoms with Crippen molar-refractivity contribution >= 4 is 25.4 Å².